The SMILES string of the molecule is CC/C(=C\c1ccccc1)C1CC1NC1CCC(NCCC(=O)OC(C)(C)C)CC1. The standard InChI is InChI=1S/C26H40N2O2/c1-5-20(17-19-9-7-6-8-10-19)23-18-24(23)28-22-13-11-21(12-14-22)27-16-15-25(29)30-26(2,3)4/h6-10,17,21-24,27-28H,5,11-16,18H2,1-4H3/b20-17+. The van der Waals surface area contributed by atoms with Crippen molar-refractivity contribution in [2.24, 2.45) is 5.92 Å². The highest BCUT2D eigenvalue weighted by Crippen LogP contribution is 2.40. The summed E-state index contributed by atoms with van der Waals surface area (Å²) in [6, 6.07) is 12.5. The van der Waals surface area contributed by atoms with Crippen molar-refractivity contribution in [3.63, 3.8) is 0 Å². The third kappa shape index (κ3) is 7.55. The molecule has 0 saturated heterocycles. The second-order valence-corrected chi connectivity index (χ2v) is 9.94. The Balaban J connectivity index is 1.34. The summed E-state index contributed by atoms with van der Waals surface area (Å²) in [5, 5.41) is 7.47. The van der Waals surface area contributed by atoms with Crippen LogP contribution in [0.5, 0.6) is 0 Å². The van der Waals surface area contributed by atoms with Crippen molar-refractivity contribution in [3.8, 4) is 0 Å². The minimum atomic E-state index is -0.393. The van der Waals surface area contributed by atoms with Crippen molar-refractivity contribution in [1.29, 1.82) is 0 Å². The molecule has 1 aromatic rings. The molecule has 2 saturated carbocycles. The molecule has 1 aromatic carbocycles. The highest BCUT2D eigenvalue weighted by atomic mass is 16.6. The van der Waals surface area contributed by atoms with E-state index in [0.29, 0.717) is 37.0 Å². The summed E-state index contributed by atoms with van der Waals surface area (Å²) in [5.41, 5.74) is 2.50. The van der Waals surface area contributed by atoms with Crippen LogP contribution in [0.4, 0.5) is 0 Å². The van der Waals surface area contributed by atoms with E-state index in [1.54, 1.807) is 5.57 Å². The van der Waals surface area contributed by atoms with E-state index >= 15 is 0 Å². The fourth-order valence-corrected chi connectivity index (χ4v) is 4.56. The third-order valence-electron chi connectivity index (χ3n) is 6.19. The molecular weight excluding hydrogens is 372 g/mol. The number of hydrogen-bond donors (Lipinski definition) is 2. The number of rotatable bonds is 9. The molecule has 30 heavy (non-hydrogen) atoms. The Morgan fingerprint density at radius 2 is 1.77 bits per heavy atom. The van der Waals surface area contributed by atoms with Crippen molar-refractivity contribution in [2.75, 3.05) is 6.54 Å². The molecule has 2 unspecified atom stereocenters. The monoisotopic (exact) mass is 412 g/mol. The molecule has 0 amide bonds. The molecule has 4 heteroatoms. The summed E-state index contributed by atoms with van der Waals surface area (Å²) in [5.74, 6) is 0.597. The van der Waals surface area contributed by atoms with Crippen LogP contribution in [-0.2, 0) is 9.53 Å². The largest absolute Gasteiger partial charge is 0.460 e. The lowest BCUT2D eigenvalue weighted by Crippen LogP contribution is -2.41. The number of benzene rings is 1. The van der Waals surface area contributed by atoms with Gasteiger partial charge < -0.3 is 15.4 Å². The maximum Gasteiger partial charge on any atom is 0.307 e. The van der Waals surface area contributed by atoms with Gasteiger partial charge in [0, 0.05) is 24.7 Å². The van der Waals surface area contributed by atoms with Gasteiger partial charge in [-0.2, -0.15) is 0 Å². The van der Waals surface area contributed by atoms with Crippen LogP contribution < -0.4 is 10.6 Å². The van der Waals surface area contributed by atoms with Gasteiger partial charge in [-0.05, 0) is 70.8 Å². The van der Waals surface area contributed by atoms with Crippen LogP contribution in [0.1, 0.15) is 78.2 Å². The number of carbonyl (C=O) groups is 1. The van der Waals surface area contributed by atoms with Gasteiger partial charge in [0.05, 0.1) is 6.42 Å². The van der Waals surface area contributed by atoms with Gasteiger partial charge in [0.25, 0.3) is 0 Å². The van der Waals surface area contributed by atoms with Crippen LogP contribution in [-0.4, -0.2) is 36.2 Å². The first-order valence-corrected chi connectivity index (χ1v) is 11.8. The molecule has 2 atom stereocenters. The van der Waals surface area contributed by atoms with Gasteiger partial charge in [-0.3, -0.25) is 4.79 Å². The summed E-state index contributed by atoms with van der Waals surface area (Å²) < 4.78 is 5.38. The maximum atomic E-state index is 11.8. The Labute approximate surface area is 182 Å². The van der Waals surface area contributed by atoms with E-state index < -0.39 is 5.60 Å². The Bertz CT molecular complexity index is 699. The fourth-order valence-electron chi connectivity index (χ4n) is 4.56. The summed E-state index contributed by atoms with van der Waals surface area (Å²) in [6.45, 7) is 8.73. The highest BCUT2D eigenvalue weighted by Gasteiger charge is 2.40. The lowest BCUT2D eigenvalue weighted by molar-refractivity contribution is -0.154. The van der Waals surface area contributed by atoms with E-state index in [4.69, 9.17) is 4.74 Å². The van der Waals surface area contributed by atoms with Crippen LogP contribution in [0.15, 0.2) is 35.9 Å². The molecular formula is C26H40N2O2. The summed E-state index contributed by atoms with van der Waals surface area (Å²) in [7, 11) is 0. The Morgan fingerprint density at radius 1 is 1.10 bits per heavy atom. The van der Waals surface area contributed by atoms with Crippen molar-refractivity contribution < 1.29 is 9.53 Å². The van der Waals surface area contributed by atoms with E-state index in [-0.39, 0.29) is 5.97 Å². The van der Waals surface area contributed by atoms with E-state index in [1.807, 2.05) is 20.8 Å². The molecule has 0 radical (unpaired) electrons. The smallest absolute Gasteiger partial charge is 0.307 e. The van der Waals surface area contributed by atoms with E-state index in [0.717, 1.165) is 6.42 Å². The van der Waals surface area contributed by atoms with E-state index in [9.17, 15) is 4.79 Å². The summed E-state index contributed by atoms with van der Waals surface area (Å²) in [6.07, 6.45) is 10.1. The molecule has 2 fully saturated rings. The number of hydrogen-bond acceptors (Lipinski definition) is 4. The van der Waals surface area contributed by atoms with Crippen LogP contribution >= 0.6 is 0 Å². The van der Waals surface area contributed by atoms with Crippen LogP contribution in [0.3, 0.4) is 0 Å². The van der Waals surface area contributed by atoms with Crippen LogP contribution in [0, 0.1) is 5.92 Å². The first-order valence-electron chi connectivity index (χ1n) is 11.8. The lowest BCUT2D eigenvalue weighted by Gasteiger charge is -2.30. The molecule has 2 aliphatic rings. The van der Waals surface area contributed by atoms with Crippen LogP contribution in [0.25, 0.3) is 6.08 Å². The van der Waals surface area contributed by atoms with Crippen molar-refractivity contribution in [2.45, 2.75) is 96.4 Å². The normalized spacial score (nSPS) is 27.0. The predicted octanol–water partition coefficient (Wildman–Crippen LogP) is 5.09. The number of esters is 1. The third-order valence-corrected chi connectivity index (χ3v) is 6.19. The summed E-state index contributed by atoms with van der Waals surface area (Å²) in [4.78, 5) is 11.8. The van der Waals surface area contributed by atoms with Gasteiger partial charge in [0.1, 0.15) is 5.60 Å². The van der Waals surface area contributed by atoms with Crippen molar-refractivity contribution in [1.82, 2.24) is 10.6 Å². The van der Waals surface area contributed by atoms with Crippen LogP contribution in [0.2, 0.25) is 0 Å². The number of nitrogens with one attached hydrogen (secondary N) is 2. The van der Waals surface area contributed by atoms with Gasteiger partial charge in [-0.1, -0.05) is 48.9 Å². The van der Waals surface area contributed by atoms with Gasteiger partial charge >= 0.3 is 5.97 Å². The lowest BCUT2D eigenvalue weighted by atomic mass is 9.91. The summed E-state index contributed by atoms with van der Waals surface area (Å²) >= 11 is 0. The van der Waals surface area contributed by atoms with Gasteiger partial charge in [0.2, 0.25) is 0 Å². The average Bonchev–Trinajstić information content (AvgIpc) is 3.46. The maximum absolute atomic E-state index is 11.8. The molecule has 0 spiro atoms. The van der Waals surface area contributed by atoms with Gasteiger partial charge in [0.15, 0.2) is 0 Å². The molecule has 0 bridgehead atoms. The highest BCUT2D eigenvalue weighted by molar-refractivity contribution is 5.70. The second kappa shape index (κ2) is 10.6. The first-order chi connectivity index (χ1) is 14.3. The quantitative estimate of drug-likeness (QED) is 0.555. The van der Waals surface area contributed by atoms with Crippen molar-refractivity contribution >= 4 is 12.0 Å². The Hall–Kier alpha value is -1.65. The molecule has 0 heterocycles. The minimum absolute atomic E-state index is 0.111. The number of ether oxygens (including phenoxy) is 1. The molecule has 4 nitrogen and oxygen atoms in total. The van der Waals surface area contributed by atoms with Gasteiger partial charge in [-0.25, -0.2) is 0 Å². The first kappa shape index (κ1) is 23.0. The topological polar surface area (TPSA) is 50.4 Å². The van der Waals surface area contributed by atoms with Gasteiger partial charge in [-0.15, -0.1) is 0 Å². The molecule has 2 aliphatic carbocycles. The van der Waals surface area contributed by atoms with Crippen molar-refractivity contribution in [3.05, 3.63) is 41.5 Å². The second-order valence-electron chi connectivity index (χ2n) is 9.94. The Kier molecular flexibility index (Phi) is 8.13. The number of carbonyl (C=O) groups excluding carboxylic acids is 1. The zero-order valence-corrected chi connectivity index (χ0v) is 19.2. The molecule has 166 valence electrons. The average molecular weight is 413 g/mol. The molecule has 3 rings (SSSR count). The molecule has 0 aromatic heterocycles. The molecule has 2 N–H and O–H groups in total. The minimum Gasteiger partial charge on any atom is -0.460 e. The van der Waals surface area contributed by atoms with E-state index in [2.05, 4.69) is 54.0 Å². The zero-order valence-electron chi connectivity index (χ0n) is 19.2. The zero-order chi connectivity index (χ0) is 21.6. The predicted molar refractivity (Wildman–Crippen MR) is 124 cm³/mol. The van der Waals surface area contributed by atoms with E-state index in [1.165, 1.54) is 37.7 Å². The Morgan fingerprint density at radius 3 is 2.40 bits per heavy atom. The fraction of sp³-hybridized carbons (Fsp3) is 0.654. The molecule has 0 aliphatic heterocycles.